The molecule has 5 nitrogen and oxygen atoms in total. The van der Waals surface area contributed by atoms with Crippen molar-refractivity contribution in [2.75, 3.05) is 19.0 Å². The van der Waals surface area contributed by atoms with Crippen molar-refractivity contribution in [2.45, 2.75) is 25.9 Å². The van der Waals surface area contributed by atoms with Crippen molar-refractivity contribution >= 4 is 17.6 Å². The van der Waals surface area contributed by atoms with Gasteiger partial charge in [0.1, 0.15) is 6.10 Å². The first-order valence-corrected chi connectivity index (χ1v) is 6.23. The Morgan fingerprint density at radius 2 is 2.21 bits per heavy atom. The number of hydrogen-bond donors (Lipinski definition) is 1. The number of esters is 1. The van der Waals surface area contributed by atoms with E-state index in [4.69, 9.17) is 4.74 Å². The van der Waals surface area contributed by atoms with Gasteiger partial charge in [0, 0.05) is 12.3 Å². The van der Waals surface area contributed by atoms with Crippen LogP contribution in [-0.4, -0.2) is 31.7 Å². The molecule has 1 aliphatic heterocycles. The minimum atomic E-state index is -0.424. The average Bonchev–Trinajstić information content (AvgIpc) is 2.94. The maximum atomic E-state index is 12.0. The first kappa shape index (κ1) is 13.5. The van der Waals surface area contributed by atoms with E-state index < -0.39 is 5.97 Å². The fourth-order valence-corrected chi connectivity index (χ4v) is 2.00. The van der Waals surface area contributed by atoms with Gasteiger partial charge >= 0.3 is 5.97 Å². The van der Waals surface area contributed by atoms with Crippen molar-refractivity contribution in [3.05, 3.63) is 29.3 Å². The van der Waals surface area contributed by atoms with Gasteiger partial charge in [-0.2, -0.15) is 0 Å². The minimum Gasteiger partial charge on any atom is -0.465 e. The number of carbonyl (C=O) groups is 2. The zero-order valence-electron chi connectivity index (χ0n) is 11.1. The van der Waals surface area contributed by atoms with Crippen molar-refractivity contribution in [2.24, 2.45) is 0 Å². The fraction of sp³-hybridized carbons (Fsp3) is 0.429. The van der Waals surface area contributed by atoms with Crippen LogP contribution < -0.4 is 5.32 Å². The van der Waals surface area contributed by atoms with E-state index in [-0.39, 0.29) is 12.0 Å². The number of ether oxygens (including phenoxy) is 2. The molecule has 1 aliphatic rings. The van der Waals surface area contributed by atoms with Gasteiger partial charge in [-0.1, -0.05) is 6.07 Å². The Balaban J connectivity index is 2.14. The Hall–Kier alpha value is -1.88. The predicted octanol–water partition coefficient (Wildman–Crippen LogP) is 1.90. The van der Waals surface area contributed by atoms with Crippen molar-refractivity contribution in [3.63, 3.8) is 0 Å². The Morgan fingerprint density at radius 3 is 2.84 bits per heavy atom. The lowest BCUT2D eigenvalue weighted by Gasteiger charge is -2.13. The zero-order chi connectivity index (χ0) is 13.8. The fourth-order valence-electron chi connectivity index (χ4n) is 2.00. The SMILES string of the molecule is COC(=O)c1ccc(C)c(NC(=O)[C@@H]2CCCO2)c1. The maximum Gasteiger partial charge on any atom is 0.337 e. The van der Waals surface area contributed by atoms with E-state index in [1.54, 1.807) is 18.2 Å². The molecule has 0 unspecified atom stereocenters. The molecule has 1 fully saturated rings. The molecule has 19 heavy (non-hydrogen) atoms. The van der Waals surface area contributed by atoms with Crippen molar-refractivity contribution in [1.29, 1.82) is 0 Å². The number of aryl methyl sites for hydroxylation is 1. The standard InChI is InChI=1S/C14H17NO4/c1-9-5-6-10(14(17)18-2)8-11(9)15-13(16)12-4-3-7-19-12/h5-6,8,12H,3-4,7H2,1-2H3,(H,15,16)/t12-/m0/s1. The van der Waals surface area contributed by atoms with Gasteiger partial charge in [-0.25, -0.2) is 4.79 Å². The first-order valence-electron chi connectivity index (χ1n) is 6.23. The van der Waals surface area contributed by atoms with Gasteiger partial charge in [-0.15, -0.1) is 0 Å². The number of methoxy groups -OCH3 is 1. The topological polar surface area (TPSA) is 64.6 Å². The molecule has 1 saturated heterocycles. The average molecular weight is 263 g/mol. The summed E-state index contributed by atoms with van der Waals surface area (Å²) < 4.78 is 9.98. The summed E-state index contributed by atoms with van der Waals surface area (Å²) in [6, 6.07) is 5.06. The first-order chi connectivity index (χ1) is 9.11. The van der Waals surface area contributed by atoms with E-state index in [9.17, 15) is 9.59 Å². The normalized spacial score (nSPS) is 18.1. The third-order valence-electron chi connectivity index (χ3n) is 3.14. The number of carbonyl (C=O) groups excluding carboxylic acids is 2. The number of hydrogen-bond acceptors (Lipinski definition) is 4. The van der Waals surface area contributed by atoms with E-state index in [1.165, 1.54) is 7.11 Å². The van der Waals surface area contributed by atoms with Crippen LogP contribution in [0.15, 0.2) is 18.2 Å². The van der Waals surface area contributed by atoms with Gasteiger partial charge in [0.15, 0.2) is 0 Å². The molecular weight excluding hydrogens is 246 g/mol. The molecule has 0 saturated carbocycles. The molecule has 1 aromatic carbocycles. The van der Waals surface area contributed by atoms with E-state index in [0.29, 0.717) is 17.9 Å². The quantitative estimate of drug-likeness (QED) is 0.846. The molecule has 0 aliphatic carbocycles. The van der Waals surface area contributed by atoms with Crippen LogP contribution in [0.3, 0.4) is 0 Å². The van der Waals surface area contributed by atoms with Crippen LogP contribution >= 0.6 is 0 Å². The highest BCUT2D eigenvalue weighted by atomic mass is 16.5. The molecule has 1 heterocycles. The molecule has 0 aromatic heterocycles. The molecule has 1 amide bonds. The summed E-state index contributed by atoms with van der Waals surface area (Å²) in [6.07, 6.45) is 1.25. The summed E-state index contributed by atoms with van der Waals surface area (Å²) in [4.78, 5) is 23.4. The highest BCUT2D eigenvalue weighted by Crippen LogP contribution is 2.20. The second kappa shape index (κ2) is 5.84. The zero-order valence-corrected chi connectivity index (χ0v) is 11.1. The van der Waals surface area contributed by atoms with Crippen molar-refractivity contribution in [3.8, 4) is 0 Å². The minimum absolute atomic E-state index is 0.164. The Morgan fingerprint density at radius 1 is 1.42 bits per heavy atom. The lowest BCUT2D eigenvalue weighted by molar-refractivity contribution is -0.124. The van der Waals surface area contributed by atoms with E-state index in [1.807, 2.05) is 6.92 Å². The lowest BCUT2D eigenvalue weighted by Crippen LogP contribution is -2.27. The number of rotatable bonds is 3. The second-order valence-electron chi connectivity index (χ2n) is 4.51. The Kier molecular flexibility index (Phi) is 4.16. The van der Waals surface area contributed by atoms with E-state index >= 15 is 0 Å². The van der Waals surface area contributed by atoms with E-state index in [2.05, 4.69) is 10.1 Å². The van der Waals surface area contributed by atoms with Crippen LogP contribution in [0.5, 0.6) is 0 Å². The third kappa shape index (κ3) is 3.12. The van der Waals surface area contributed by atoms with Crippen molar-refractivity contribution < 1.29 is 19.1 Å². The molecule has 2 rings (SSSR count). The number of nitrogens with one attached hydrogen (secondary N) is 1. The molecule has 0 spiro atoms. The molecule has 5 heteroatoms. The summed E-state index contributed by atoms with van der Waals surface area (Å²) in [5.74, 6) is -0.588. The molecular formula is C14H17NO4. The monoisotopic (exact) mass is 263 g/mol. The van der Waals surface area contributed by atoms with Crippen LogP contribution in [0.4, 0.5) is 5.69 Å². The summed E-state index contributed by atoms with van der Waals surface area (Å²) in [5, 5.41) is 2.80. The molecule has 102 valence electrons. The second-order valence-corrected chi connectivity index (χ2v) is 4.51. The van der Waals surface area contributed by atoms with Crippen molar-refractivity contribution in [1.82, 2.24) is 0 Å². The van der Waals surface area contributed by atoms with E-state index in [0.717, 1.165) is 18.4 Å². The smallest absolute Gasteiger partial charge is 0.337 e. The molecule has 0 bridgehead atoms. The summed E-state index contributed by atoms with van der Waals surface area (Å²) in [6.45, 7) is 2.49. The van der Waals surface area contributed by atoms with Gasteiger partial charge in [-0.3, -0.25) is 4.79 Å². The molecule has 0 radical (unpaired) electrons. The summed E-state index contributed by atoms with van der Waals surface area (Å²) in [5.41, 5.74) is 1.91. The highest BCUT2D eigenvalue weighted by Gasteiger charge is 2.24. The molecule has 1 atom stereocenters. The van der Waals surface area contributed by atoms with Crippen LogP contribution in [0.1, 0.15) is 28.8 Å². The van der Waals surface area contributed by atoms with Gasteiger partial charge in [-0.05, 0) is 37.5 Å². The lowest BCUT2D eigenvalue weighted by atomic mass is 10.1. The van der Waals surface area contributed by atoms with Gasteiger partial charge < -0.3 is 14.8 Å². The molecule has 1 N–H and O–H groups in total. The molecule has 1 aromatic rings. The van der Waals surface area contributed by atoms with Crippen LogP contribution in [-0.2, 0) is 14.3 Å². The highest BCUT2D eigenvalue weighted by molar-refractivity contribution is 5.97. The predicted molar refractivity (Wildman–Crippen MR) is 70.1 cm³/mol. The van der Waals surface area contributed by atoms with Gasteiger partial charge in [0.05, 0.1) is 12.7 Å². The van der Waals surface area contributed by atoms with Gasteiger partial charge in [0.2, 0.25) is 0 Å². The summed E-state index contributed by atoms with van der Waals surface area (Å²) >= 11 is 0. The van der Waals surface area contributed by atoms with Gasteiger partial charge in [0.25, 0.3) is 5.91 Å². The Labute approximate surface area is 111 Å². The number of benzene rings is 1. The largest absolute Gasteiger partial charge is 0.465 e. The number of anilines is 1. The number of amides is 1. The summed E-state index contributed by atoms with van der Waals surface area (Å²) in [7, 11) is 1.33. The van der Waals surface area contributed by atoms with Crippen LogP contribution in [0, 0.1) is 6.92 Å². The van der Waals surface area contributed by atoms with Crippen LogP contribution in [0.25, 0.3) is 0 Å². The van der Waals surface area contributed by atoms with Crippen LogP contribution in [0.2, 0.25) is 0 Å². The Bertz CT molecular complexity index is 492. The third-order valence-corrected chi connectivity index (χ3v) is 3.14. The maximum absolute atomic E-state index is 12.0.